The van der Waals surface area contributed by atoms with E-state index in [1.807, 2.05) is 0 Å². The van der Waals surface area contributed by atoms with Crippen LogP contribution in [0.2, 0.25) is 10.0 Å². The van der Waals surface area contributed by atoms with Crippen molar-refractivity contribution in [3.05, 3.63) is 45.2 Å². The number of aliphatic hydroxyl groups excluding tert-OH is 1. The molecule has 3 nitrogen and oxygen atoms in total. The van der Waals surface area contributed by atoms with Crippen molar-refractivity contribution in [1.82, 2.24) is 9.78 Å². The van der Waals surface area contributed by atoms with Crippen molar-refractivity contribution in [2.75, 3.05) is 0 Å². The number of aliphatic hydroxyl groups is 1. The summed E-state index contributed by atoms with van der Waals surface area (Å²) in [6.07, 6.45) is -5.77. The third kappa shape index (κ3) is 2.68. The van der Waals surface area contributed by atoms with Gasteiger partial charge in [0.2, 0.25) is 0 Å². The molecule has 0 saturated heterocycles. The number of nitrogens with zero attached hydrogens (tertiary/aromatic N) is 2. The zero-order valence-electron chi connectivity index (χ0n) is 11.0. The van der Waals surface area contributed by atoms with Crippen molar-refractivity contribution in [3.63, 3.8) is 0 Å². The zero-order valence-corrected chi connectivity index (χ0v) is 12.5. The van der Waals surface area contributed by atoms with E-state index in [-0.39, 0.29) is 11.3 Å². The minimum atomic E-state index is -4.65. The van der Waals surface area contributed by atoms with Crippen LogP contribution in [0.15, 0.2) is 18.3 Å². The Morgan fingerprint density at radius 1 is 1.22 bits per heavy atom. The molecular weight excluding hydrogens is 366 g/mol. The highest BCUT2D eigenvalue weighted by Crippen LogP contribution is 2.47. The lowest BCUT2D eigenvalue weighted by Gasteiger charge is -2.13. The molecule has 1 heterocycles. The Morgan fingerprint density at radius 3 is 2.26 bits per heavy atom. The van der Waals surface area contributed by atoms with Crippen LogP contribution in [0.1, 0.15) is 29.3 Å². The predicted octanol–water partition coefficient (Wildman–Crippen LogP) is 4.73. The van der Waals surface area contributed by atoms with Gasteiger partial charge in [0.25, 0.3) is 5.92 Å². The molecule has 124 valence electrons. The summed E-state index contributed by atoms with van der Waals surface area (Å²) in [6.45, 7) is 0. The van der Waals surface area contributed by atoms with Gasteiger partial charge >= 0.3 is 6.18 Å². The topological polar surface area (TPSA) is 38.1 Å². The number of rotatable bonds is 1. The molecule has 1 aromatic heterocycles. The van der Waals surface area contributed by atoms with E-state index in [2.05, 4.69) is 5.10 Å². The highest BCUT2D eigenvalue weighted by Gasteiger charge is 2.47. The third-order valence-corrected chi connectivity index (χ3v) is 4.05. The fourth-order valence-corrected chi connectivity index (χ4v) is 3.09. The fraction of sp³-hybridized carbons (Fsp3) is 0.308. The van der Waals surface area contributed by atoms with E-state index in [1.165, 1.54) is 0 Å². The summed E-state index contributed by atoms with van der Waals surface area (Å²) in [5.74, 6) is -3.33. The van der Waals surface area contributed by atoms with Gasteiger partial charge in [0.05, 0.1) is 21.7 Å². The second-order valence-electron chi connectivity index (χ2n) is 5.09. The first-order valence-corrected chi connectivity index (χ1v) is 6.99. The van der Waals surface area contributed by atoms with Crippen LogP contribution in [0.4, 0.5) is 22.0 Å². The van der Waals surface area contributed by atoms with Crippen molar-refractivity contribution in [2.45, 2.75) is 24.6 Å². The average Bonchev–Trinajstić information content (AvgIpc) is 2.89. The molecule has 0 spiro atoms. The molecule has 0 saturated carbocycles. The van der Waals surface area contributed by atoms with Crippen molar-refractivity contribution < 1.29 is 27.1 Å². The van der Waals surface area contributed by atoms with Crippen LogP contribution in [0.25, 0.3) is 5.69 Å². The van der Waals surface area contributed by atoms with Crippen LogP contribution in [0, 0.1) is 0 Å². The van der Waals surface area contributed by atoms with Gasteiger partial charge in [-0.05, 0) is 12.1 Å². The smallest absolute Gasteiger partial charge is 0.388 e. The van der Waals surface area contributed by atoms with Gasteiger partial charge in [0.15, 0.2) is 0 Å². The standard InChI is InChI=1S/C13H7Cl2F5N2O/c14-7-1-5(13(18,19)20)2-8(15)10(7)22-4-6-9(23)3-12(16,17)11(6)21-22/h1-2,4,9,23H,3H2. The molecule has 23 heavy (non-hydrogen) atoms. The molecule has 1 atom stereocenters. The molecule has 0 bridgehead atoms. The van der Waals surface area contributed by atoms with Crippen LogP contribution >= 0.6 is 23.2 Å². The Kier molecular flexibility index (Phi) is 3.62. The lowest BCUT2D eigenvalue weighted by Crippen LogP contribution is -2.12. The molecule has 10 heteroatoms. The highest BCUT2D eigenvalue weighted by atomic mass is 35.5. The van der Waals surface area contributed by atoms with Crippen LogP contribution in [0.3, 0.4) is 0 Å². The van der Waals surface area contributed by atoms with Crippen molar-refractivity contribution in [2.24, 2.45) is 0 Å². The normalized spacial score (nSPS) is 19.9. The minimum absolute atomic E-state index is 0.109. The molecule has 0 fully saturated rings. The molecule has 0 radical (unpaired) electrons. The molecule has 3 rings (SSSR count). The van der Waals surface area contributed by atoms with Crippen LogP contribution in [-0.2, 0) is 12.1 Å². The van der Waals surface area contributed by atoms with E-state index in [0.29, 0.717) is 12.1 Å². The van der Waals surface area contributed by atoms with Crippen LogP contribution < -0.4 is 0 Å². The summed E-state index contributed by atoms with van der Waals surface area (Å²) in [5, 5.41) is 12.5. The number of fused-ring (bicyclic) bond motifs is 1. The monoisotopic (exact) mass is 372 g/mol. The number of halogens is 7. The molecule has 1 aromatic carbocycles. The summed E-state index contributed by atoms with van der Waals surface area (Å²) in [5.41, 5.74) is -1.99. The van der Waals surface area contributed by atoms with E-state index in [0.717, 1.165) is 10.9 Å². The summed E-state index contributed by atoms with van der Waals surface area (Å²) in [6, 6.07) is 1.26. The predicted molar refractivity (Wildman–Crippen MR) is 72.1 cm³/mol. The summed E-state index contributed by atoms with van der Waals surface area (Å²) in [7, 11) is 0. The molecule has 1 aliphatic rings. The maximum Gasteiger partial charge on any atom is 0.416 e. The second-order valence-corrected chi connectivity index (χ2v) is 5.90. The Labute approximate surface area is 136 Å². The van der Waals surface area contributed by atoms with Crippen LogP contribution in [0.5, 0.6) is 0 Å². The lowest BCUT2D eigenvalue weighted by molar-refractivity contribution is -0.137. The van der Waals surface area contributed by atoms with Crippen molar-refractivity contribution >= 4 is 23.2 Å². The van der Waals surface area contributed by atoms with Gasteiger partial charge < -0.3 is 5.11 Å². The Morgan fingerprint density at radius 2 is 1.78 bits per heavy atom. The first-order valence-electron chi connectivity index (χ1n) is 6.23. The first kappa shape index (κ1) is 16.5. The Balaban J connectivity index is 2.13. The third-order valence-electron chi connectivity index (χ3n) is 3.47. The molecule has 0 aliphatic heterocycles. The molecule has 2 aromatic rings. The maximum atomic E-state index is 13.7. The second kappa shape index (κ2) is 5.06. The van der Waals surface area contributed by atoms with E-state index in [9.17, 15) is 27.1 Å². The summed E-state index contributed by atoms with van der Waals surface area (Å²) in [4.78, 5) is 0. The average molecular weight is 373 g/mol. The summed E-state index contributed by atoms with van der Waals surface area (Å²) < 4.78 is 66.3. The number of aromatic nitrogens is 2. The van der Waals surface area contributed by atoms with Crippen molar-refractivity contribution in [3.8, 4) is 5.69 Å². The van der Waals surface area contributed by atoms with Gasteiger partial charge in [-0.2, -0.15) is 27.1 Å². The lowest BCUT2D eigenvalue weighted by atomic mass is 10.2. The molecule has 1 N–H and O–H groups in total. The molecule has 1 aliphatic carbocycles. The minimum Gasteiger partial charge on any atom is -0.388 e. The highest BCUT2D eigenvalue weighted by molar-refractivity contribution is 6.37. The van der Waals surface area contributed by atoms with Crippen LogP contribution in [-0.4, -0.2) is 14.9 Å². The summed E-state index contributed by atoms with van der Waals surface area (Å²) >= 11 is 11.6. The van der Waals surface area contributed by atoms with Gasteiger partial charge in [-0.25, -0.2) is 4.68 Å². The van der Waals surface area contributed by atoms with E-state index >= 15 is 0 Å². The Bertz CT molecular complexity index is 764. The Hall–Kier alpha value is -1.38. The molecule has 1 unspecified atom stereocenters. The number of alkyl halides is 5. The van der Waals surface area contributed by atoms with Crippen molar-refractivity contribution in [1.29, 1.82) is 0 Å². The SMILES string of the molecule is OC1CC(F)(F)c2nn(-c3c(Cl)cc(C(F)(F)F)cc3Cl)cc21. The fourth-order valence-electron chi connectivity index (χ4n) is 2.43. The molecular formula is C13H7Cl2F5N2O. The number of benzene rings is 1. The zero-order chi connectivity index (χ0) is 17.2. The quantitative estimate of drug-likeness (QED) is 0.735. The molecule has 0 amide bonds. The van der Waals surface area contributed by atoms with Gasteiger partial charge in [0, 0.05) is 18.2 Å². The van der Waals surface area contributed by atoms with Gasteiger partial charge in [-0.1, -0.05) is 23.2 Å². The van der Waals surface area contributed by atoms with Gasteiger partial charge in [-0.15, -0.1) is 0 Å². The maximum absolute atomic E-state index is 13.7. The van der Waals surface area contributed by atoms with E-state index in [1.54, 1.807) is 0 Å². The number of hydrogen-bond donors (Lipinski definition) is 1. The first-order chi connectivity index (χ1) is 10.5. The van der Waals surface area contributed by atoms with Gasteiger partial charge in [-0.3, -0.25) is 0 Å². The van der Waals surface area contributed by atoms with E-state index in [4.69, 9.17) is 23.2 Å². The largest absolute Gasteiger partial charge is 0.416 e. The van der Waals surface area contributed by atoms with E-state index < -0.39 is 45.9 Å². The number of hydrogen-bond acceptors (Lipinski definition) is 2. The van der Waals surface area contributed by atoms with Gasteiger partial charge in [0.1, 0.15) is 11.4 Å².